The van der Waals surface area contributed by atoms with Crippen LogP contribution >= 0.6 is 0 Å². The van der Waals surface area contributed by atoms with Crippen LogP contribution in [0.2, 0.25) is 0 Å². The lowest BCUT2D eigenvalue weighted by molar-refractivity contribution is 0.0502. The zero-order valence-electron chi connectivity index (χ0n) is 15.3. The molecule has 0 saturated carbocycles. The fraction of sp³-hybridized carbons (Fsp3) is 1.00. The van der Waals surface area contributed by atoms with Crippen molar-refractivity contribution in [3.05, 3.63) is 0 Å². The van der Waals surface area contributed by atoms with Crippen LogP contribution in [0.4, 0.5) is 0 Å². The van der Waals surface area contributed by atoms with Crippen molar-refractivity contribution in [1.82, 2.24) is 10.0 Å². The molecule has 0 aliphatic carbocycles. The first-order chi connectivity index (χ1) is 10.8. The quantitative estimate of drug-likeness (QED) is 0.440. The van der Waals surface area contributed by atoms with Crippen LogP contribution in [-0.4, -0.2) is 59.2 Å². The second kappa shape index (κ2) is 13.1. The highest BCUT2D eigenvalue weighted by atomic mass is 32.2. The first-order valence-electron chi connectivity index (χ1n) is 8.65. The van der Waals surface area contributed by atoms with E-state index >= 15 is 0 Å². The van der Waals surface area contributed by atoms with Gasteiger partial charge in [0.05, 0.1) is 25.6 Å². The van der Waals surface area contributed by atoms with E-state index in [1.165, 1.54) is 0 Å². The van der Waals surface area contributed by atoms with Gasteiger partial charge in [0.1, 0.15) is 0 Å². The minimum atomic E-state index is -3.18. The number of ether oxygens (including phenoxy) is 2. The third kappa shape index (κ3) is 18.0. The van der Waals surface area contributed by atoms with E-state index < -0.39 is 10.0 Å². The van der Waals surface area contributed by atoms with Gasteiger partial charge >= 0.3 is 0 Å². The predicted octanol–water partition coefficient (Wildman–Crippen LogP) is 1.91. The molecule has 0 unspecified atom stereocenters. The highest BCUT2D eigenvalue weighted by molar-refractivity contribution is 7.89. The Kier molecular flexibility index (Phi) is 13.0. The second-order valence-electron chi connectivity index (χ2n) is 6.68. The molecule has 0 aromatic heterocycles. The molecule has 0 aliphatic rings. The van der Waals surface area contributed by atoms with Gasteiger partial charge in [0.2, 0.25) is 10.0 Å². The van der Waals surface area contributed by atoms with Crippen molar-refractivity contribution in [3.63, 3.8) is 0 Å². The van der Waals surface area contributed by atoms with Crippen LogP contribution in [-0.2, 0) is 19.5 Å². The molecule has 0 atom stereocenters. The Morgan fingerprint density at radius 1 is 0.870 bits per heavy atom. The van der Waals surface area contributed by atoms with Crippen molar-refractivity contribution >= 4 is 10.0 Å². The molecule has 2 N–H and O–H groups in total. The molecule has 0 fully saturated rings. The fourth-order valence-corrected chi connectivity index (χ4v) is 2.99. The maximum Gasteiger partial charge on any atom is 0.211 e. The molecule has 0 aromatic rings. The molecule has 0 bridgehead atoms. The van der Waals surface area contributed by atoms with Gasteiger partial charge in [0, 0.05) is 18.7 Å². The maximum absolute atomic E-state index is 11.8. The SMILES string of the molecule is CCCOCCOCCNS(=O)(=O)CCCCCNC(C)(C)C. The van der Waals surface area contributed by atoms with Gasteiger partial charge < -0.3 is 14.8 Å². The van der Waals surface area contributed by atoms with Crippen molar-refractivity contribution in [2.75, 3.05) is 45.3 Å². The van der Waals surface area contributed by atoms with E-state index in [-0.39, 0.29) is 11.3 Å². The molecule has 0 saturated heterocycles. The Hall–Kier alpha value is -0.210. The van der Waals surface area contributed by atoms with Crippen LogP contribution in [0.1, 0.15) is 53.4 Å². The van der Waals surface area contributed by atoms with Crippen molar-refractivity contribution in [2.24, 2.45) is 0 Å². The van der Waals surface area contributed by atoms with E-state index in [0.29, 0.717) is 32.8 Å². The van der Waals surface area contributed by atoms with E-state index in [4.69, 9.17) is 9.47 Å². The fourth-order valence-electron chi connectivity index (χ4n) is 1.87. The third-order valence-corrected chi connectivity index (χ3v) is 4.50. The molecule has 0 aromatic carbocycles. The van der Waals surface area contributed by atoms with Crippen LogP contribution in [0.15, 0.2) is 0 Å². The van der Waals surface area contributed by atoms with Crippen molar-refractivity contribution in [1.29, 1.82) is 0 Å². The standard InChI is InChI=1S/C16H36N2O4S/c1-5-11-21-13-14-22-12-10-18-23(19,20)15-8-6-7-9-17-16(2,3)4/h17-18H,5-15H2,1-4H3. The van der Waals surface area contributed by atoms with E-state index in [0.717, 1.165) is 32.4 Å². The Morgan fingerprint density at radius 3 is 2.13 bits per heavy atom. The lowest BCUT2D eigenvalue weighted by atomic mass is 10.1. The summed E-state index contributed by atoms with van der Waals surface area (Å²) < 4.78 is 36.7. The molecule has 23 heavy (non-hydrogen) atoms. The lowest BCUT2D eigenvalue weighted by Gasteiger charge is -2.20. The van der Waals surface area contributed by atoms with E-state index in [2.05, 4.69) is 37.7 Å². The highest BCUT2D eigenvalue weighted by Gasteiger charge is 2.10. The number of nitrogens with one attached hydrogen (secondary N) is 2. The molecule has 7 heteroatoms. The summed E-state index contributed by atoms with van der Waals surface area (Å²) in [5.41, 5.74) is 0.120. The van der Waals surface area contributed by atoms with Gasteiger partial charge in [-0.3, -0.25) is 0 Å². The van der Waals surface area contributed by atoms with E-state index in [1.54, 1.807) is 0 Å². The monoisotopic (exact) mass is 352 g/mol. The van der Waals surface area contributed by atoms with Crippen LogP contribution in [0.5, 0.6) is 0 Å². The summed E-state index contributed by atoms with van der Waals surface area (Å²) in [6, 6.07) is 0. The van der Waals surface area contributed by atoms with Gasteiger partial charge in [-0.05, 0) is 46.6 Å². The van der Waals surface area contributed by atoms with Crippen molar-refractivity contribution in [3.8, 4) is 0 Å². The Morgan fingerprint density at radius 2 is 1.52 bits per heavy atom. The summed E-state index contributed by atoms with van der Waals surface area (Å²) in [5, 5.41) is 3.39. The molecule has 0 amide bonds. The first-order valence-corrected chi connectivity index (χ1v) is 10.3. The van der Waals surface area contributed by atoms with Crippen LogP contribution in [0.3, 0.4) is 0 Å². The molecule has 0 heterocycles. The Labute approximate surface area is 142 Å². The van der Waals surface area contributed by atoms with Gasteiger partial charge in [-0.25, -0.2) is 13.1 Å². The molecule has 0 aliphatic heterocycles. The van der Waals surface area contributed by atoms with E-state index in [1.807, 2.05) is 0 Å². The largest absolute Gasteiger partial charge is 0.379 e. The Bertz CT molecular complexity index is 367. The first kappa shape index (κ1) is 22.8. The van der Waals surface area contributed by atoms with E-state index in [9.17, 15) is 8.42 Å². The van der Waals surface area contributed by atoms with Gasteiger partial charge in [-0.1, -0.05) is 13.3 Å². The average molecular weight is 353 g/mol. The highest BCUT2D eigenvalue weighted by Crippen LogP contribution is 2.02. The molecule has 6 nitrogen and oxygen atoms in total. The zero-order valence-corrected chi connectivity index (χ0v) is 16.1. The summed E-state index contributed by atoms with van der Waals surface area (Å²) in [4.78, 5) is 0. The third-order valence-electron chi connectivity index (χ3n) is 3.03. The summed E-state index contributed by atoms with van der Waals surface area (Å²) in [5.74, 6) is 0.183. The molecular weight excluding hydrogens is 316 g/mol. The topological polar surface area (TPSA) is 76.7 Å². The van der Waals surface area contributed by atoms with Crippen molar-refractivity contribution in [2.45, 2.75) is 58.9 Å². The molecule has 0 spiro atoms. The number of hydrogen-bond donors (Lipinski definition) is 2. The minimum Gasteiger partial charge on any atom is -0.379 e. The summed E-state index contributed by atoms with van der Waals surface area (Å²) in [6.45, 7) is 11.8. The summed E-state index contributed by atoms with van der Waals surface area (Å²) >= 11 is 0. The predicted molar refractivity (Wildman–Crippen MR) is 95.3 cm³/mol. The molecular formula is C16H36N2O4S. The normalized spacial score (nSPS) is 12.7. The number of rotatable bonds is 15. The van der Waals surface area contributed by atoms with Crippen LogP contribution in [0.25, 0.3) is 0 Å². The molecule has 0 radical (unpaired) electrons. The van der Waals surface area contributed by atoms with Crippen molar-refractivity contribution < 1.29 is 17.9 Å². The second-order valence-corrected chi connectivity index (χ2v) is 8.60. The summed E-state index contributed by atoms with van der Waals surface area (Å²) in [7, 11) is -3.18. The number of sulfonamides is 1. The Balaban J connectivity index is 3.48. The van der Waals surface area contributed by atoms with Gasteiger partial charge in [-0.2, -0.15) is 0 Å². The summed E-state index contributed by atoms with van der Waals surface area (Å²) in [6.07, 6.45) is 3.59. The molecule has 140 valence electrons. The van der Waals surface area contributed by atoms with Gasteiger partial charge in [0.25, 0.3) is 0 Å². The zero-order chi connectivity index (χ0) is 17.6. The number of hydrogen-bond acceptors (Lipinski definition) is 5. The smallest absolute Gasteiger partial charge is 0.211 e. The van der Waals surface area contributed by atoms with Gasteiger partial charge in [0.15, 0.2) is 0 Å². The lowest BCUT2D eigenvalue weighted by Crippen LogP contribution is -2.36. The molecule has 0 rings (SSSR count). The average Bonchev–Trinajstić information content (AvgIpc) is 2.44. The van der Waals surface area contributed by atoms with Gasteiger partial charge in [-0.15, -0.1) is 0 Å². The van der Waals surface area contributed by atoms with Crippen LogP contribution in [0, 0.1) is 0 Å². The number of unbranched alkanes of at least 4 members (excludes halogenated alkanes) is 2. The minimum absolute atomic E-state index is 0.120. The van der Waals surface area contributed by atoms with Crippen LogP contribution < -0.4 is 10.0 Å². The maximum atomic E-state index is 11.8.